The molecule has 2 aliphatic rings. The van der Waals surface area contributed by atoms with Crippen molar-refractivity contribution in [1.82, 2.24) is 0 Å². The van der Waals surface area contributed by atoms with E-state index in [1.165, 1.54) is 5.57 Å². The summed E-state index contributed by atoms with van der Waals surface area (Å²) in [5, 5.41) is 21.3. The number of benzene rings is 1. The molecule has 2 N–H and O–H groups in total. The lowest BCUT2D eigenvalue weighted by molar-refractivity contribution is 0.00334. The molecule has 5 heteroatoms. The zero-order chi connectivity index (χ0) is 20.8. The summed E-state index contributed by atoms with van der Waals surface area (Å²) in [5.41, 5.74) is 1.11. The maximum atomic E-state index is 12.9. The molecule has 0 radical (unpaired) electrons. The standard InChI is InChI=1S/C23H30O5/c1-12(2)8-18(25)19-21(27)17(11-24)20(26)16-10-15-9-14(13(3)4)6-7-23(15,5)28-22(16)19/h6,11-13,15,26-27H,7-10H2,1-5H3/t15-,23-/m1/s1. The Kier molecular flexibility index (Phi) is 5.30. The molecule has 0 saturated heterocycles. The average Bonchev–Trinajstić information content (AvgIpc) is 2.59. The second-order valence-corrected chi connectivity index (χ2v) is 9.09. The van der Waals surface area contributed by atoms with Crippen molar-refractivity contribution in [2.75, 3.05) is 0 Å². The van der Waals surface area contributed by atoms with Gasteiger partial charge in [0.05, 0.1) is 5.56 Å². The Morgan fingerprint density at radius 2 is 1.93 bits per heavy atom. The van der Waals surface area contributed by atoms with E-state index in [1.54, 1.807) is 0 Å². The normalized spacial score (nSPS) is 23.7. The predicted molar refractivity (Wildman–Crippen MR) is 107 cm³/mol. The molecular formula is C23H30O5. The topological polar surface area (TPSA) is 83.8 Å². The number of allylic oxidation sites excluding steroid dienone is 1. The fourth-order valence-corrected chi connectivity index (χ4v) is 4.37. The minimum atomic E-state index is -0.514. The number of aldehydes is 1. The van der Waals surface area contributed by atoms with Gasteiger partial charge in [-0.25, -0.2) is 0 Å². The van der Waals surface area contributed by atoms with E-state index < -0.39 is 11.4 Å². The highest BCUT2D eigenvalue weighted by Crippen LogP contribution is 2.52. The highest BCUT2D eigenvalue weighted by Gasteiger charge is 2.46. The molecule has 0 saturated carbocycles. The van der Waals surface area contributed by atoms with Crippen LogP contribution in [-0.4, -0.2) is 27.9 Å². The van der Waals surface area contributed by atoms with E-state index in [1.807, 2.05) is 20.8 Å². The number of hydrogen-bond acceptors (Lipinski definition) is 5. The third-order valence-electron chi connectivity index (χ3n) is 6.17. The van der Waals surface area contributed by atoms with E-state index in [0.717, 1.165) is 6.42 Å². The smallest absolute Gasteiger partial charge is 0.170 e. The SMILES string of the molecule is CC(C)CC(=O)c1c(O)c(C=O)c(O)c2c1O[C@]1(C)CC=C(C(C)C)C[C@@H]1C2. The van der Waals surface area contributed by atoms with Crippen molar-refractivity contribution in [3.8, 4) is 17.2 Å². The van der Waals surface area contributed by atoms with Gasteiger partial charge >= 0.3 is 0 Å². The number of phenols is 2. The molecule has 5 nitrogen and oxygen atoms in total. The summed E-state index contributed by atoms with van der Waals surface area (Å²) in [6.45, 7) is 10.2. The Morgan fingerprint density at radius 1 is 1.25 bits per heavy atom. The maximum absolute atomic E-state index is 12.9. The minimum absolute atomic E-state index is 0.0295. The van der Waals surface area contributed by atoms with Crippen molar-refractivity contribution in [3.63, 3.8) is 0 Å². The van der Waals surface area contributed by atoms with Crippen molar-refractivity contribution in [1.29, 1.82) is 0 Å². The highest BCUT2D eigenvalue weighted by molar-refractivity contribution is 6.05. The number of carbonyl (C=O) groups is 2. The lowest BCUT2D eigenvalue weighted by atomic mass is 9.70. The van der Waals surface area contributed by atoms with E-state index in [9.17, 15) is 19.8 Å². The zero-order valence-electron chi connectivity index (χ0n) is 17.3. The van der Waals surface area contributed by atoms with Gasteiger partial charge in [0.2, 0.25) is 0 Å². The lowest BCUT2D eigenvalue weighted by Gasteiger charge is -2.46. The molecule has 1 heterocycles. The van der Waals surface area contributed by atoms with Crippen LogP contribution in [0.2, 0.25) is 0 Å². The molecule has 0 bridgehead atoms. The summed E-state index contributed by atoms with van der Waals surface area (Å²) in [5.74, 6) is -0.123. The van der Waals surface area contributed by atoms with Gasteiger partial charge < -0.3 is 14.9 Å². The molecule has 0 fully saturated rings. The van der Waals surface area contributed by atoms with Gasteiger partial charge in [-0.2, -0.15) is 0 Å². The van der Waals surface area contributed by atoms with E-state index in [4.69, 9.17) is 4.74 Å². The number of aromatic hydroxyl groups is 2. The maximum Gasteiger partial charge on any atom is 0.170 e. The first kappa shape index (κ1) is 20.4. The molecule has 0 aromatic heterocycles. The van der Waals surface area contributed by atoms with Crippen LogP contribution in [0.3, 0.4) is 0 Å². The second-order valence-electron chi connectivity index (χ2n) is 9.09. The van der Waals surface area contributed by atoms with Gasteiger partial charge in [-0.15, -0.1) is 0 Å². The third-order valence-corrected chi connectivity index (χ3v) is 6.17. The van der Waals surface area contributed by atoms with Crippen LogP contribution in [-0.2, 0) is 6.42 Å². The molecule has 0 amide bonds. The summed E-state index contributed by atoms with van der Waals surface area (Å²) < 4.78 is 6.35. The van der Waals surface area contributed by atoms with Crippen LogP contribution in [0, 0.1) is 17.8 Å². The van der Waals surface area contributed by atoms with Crippen molar-refractivity contribution in [2.45, 2.75) is 65.9 Å². The number of fused-ring (bicyclic) bond motifs is 2. The average molecular weight is 386 g/mol. The van der Waals surface area contributed by atoms with Crippen LogP contribution in [0.25, 0.3) is 0 Å². The quantitative estimate of drug-likeness (QED) is 0.430. The molecule has 1 aliphatic heterocycles. The molecule has 1 aliphatic carbocycles. The largest absolute Gasteiger partial charge is 0.507 e. The van der Waals surface area contributed by atoms with E-state index in [0.29, 0.717) is 30.6 Å². The van der Waals surface area contributed by atoms with E-state index in [2.05, 4.69) is 19.9 Å². The number of carbonyl (C=O) groups excluding carboxylic acids is 2. The molecule has 3 rings (SSSR count). The van der Waals surface area contributed by atoms with Crippen molar-refractivity contribution in [3.05, 3.63) is 28.3 Å². The number of ether oxygens (including phenoxy) is 1. The first-order chi connectivity index (χ1) is 13.1. The summed E-state index contributed by atoms with van der Waals surface area (Å²) in [6, 6.07) is 0. The first-order valence-corrected chi connectivity index (χ1v) is 10.1. The van der Waals surface area contributed by atoms with Crippen LogP contribution in [0.4, 0.5) is 0 Å². The molecule has 152 valence electrons. The van der Waals surface area contributed by atoms with Gasteiger partial charge in [-0.1, -0.05) is 39.3 Å². The fraction of sp³-hybridized carbons (Fsp3) is 0.565. The zero-order valence-corrected chi connectivity index (χ0v) is 17.3. The predicted octanol–water partition coefficient (Wildman–Crippen LogP) is 4.83. The molecular weight excluding hydrogens is 356 g/mol. The third kappa shape index (κ3) is 3.31. The Hall–Kier alpha value is -2.30. The molecule has 2 atom stereocenters. The number of Topliss-reactive ketones (excluding diaryl/α,β-unsaturated/α-hetero) is 1. The van der Waals surface area contributed by atoms with Crippen LogP contribution in [0.1, 0.15) is 80.2 Å². The highest BCUT2D eigenvalue weighted by atomic mass is 16.5. The summed E-state index contributed by atoms with van der Waals surface area (Å²) in [6.07, 6.45) is 4.90. The van der Waals surface area contributed by atoms with Gasteiger partial charge in [0.25, 0.3) is 0 Å². The number of rotatable bonds is 5. The van der Waals surface area contributed by atoms with E-state index in [-0.39, 0.29) is 46.7 Å². The molecule has 1 aromatic rings. The number of phenolic OH excluding ortho intramolecular Hbond substituents is 2. The van der Waals surface area contributed by atoms with Crippen LogP contribution in [0.15, 0.2) is 11.6 Å². The number of ketones is 1. The van der Waals surface area contributed by atoms with Gasteiger partial charge in [0, 0.05) is 24.3 Å². The Labute approximate surface area is 166 Å². The van der Waals surface area contributed by atoms with Gasteiger partial charge in [-0.05, 0) is 31.6 Å². The van der Waals surface area contributed by atoms with Gasteiger partial charge in [0.15, 0.2) is 12.1 Å². The summed E-state index contributed by atoms with van der Waals surface area (Å²) in [7, 11) is 0. The van der Waals surface area contributed by atoms with Crippen LogP contribution >= 0.6 is 0 Å². The van der Waals surface area contributed by atoms with Crippen LogP contribution < -0.4 is 4.74 Å². The Bertz CT molecular complexity index is 849. The Balaban J connectivity index is 2.14. The molecule has 0 unspecified atom stereocenters. The monoisotopic (exact) mass is 386 g/mol. The summed E-state index contributed by atoms with van der Waals surface area (Å²) in [4.78, 5) is 24.4. The van der Waals surface area contributed by atoms with Gasteiger partial charge in [0.1, 0.15) is 28.4 Å². The summed E-state index contributed by atoms with van der Waals surface area (Å²) >= 11 is 0. The van der Waals surface area contributed by atoms with Crippen molar-refractivity contribution in [2.24, 2.45) is 17.8 Å². The minimum Gasteiger partial charge on any atom is -0.507 e. The Morgan fingerprint density at radius 3 is 2.50 bits per heavy atom. The lowest BCUT2D eigenvalue weighted by Crippen LogP contribution is -2.47. The molecule has 28 heavy (non-hydrogen) atoms. The van der Waals surface area contributed by atoms with Crippen molar-refractivity contribution < 1.29 is 24.5 Å². The first-order valence-electron chi connectivity index (χ1n) is 10.1. The molecule has 0 spiro atoms. The number of hydrogen-bond donors (Lipinski definition) is 2. The van der Waals surface area contributed by atoms with E-state index >= 15 is 0 Å². The fourth-order valence-electron chi connectivity index (χ4n) is 4.37. The van der Waals surface area contributed by atoms with Crippen molar-refractivity contribution >= 4 is 12.1 Å². The molecule has 1 aromatic carbocycles. The van der Waals surface area contributed by atoms with Gasteiger partial charge in [-0.3, -0.25) is 9.59 Å². The van der Waals surface area contributed by atoms with Crippen LogP contribution in [0.5, 0.6) is 17.2 Å². The second kappa shape index (κ2) is 7.26.